The van der Waals surface area contributed by atoms with Crippen LogP contribution in [0.5, 0.6) is 5.75 Å². The number of hydrogen-bond acceptors (Lipinski definition) is 14. The van der Waals surface area contributed by atoms with Gasteiger partial charge in [-0.05, 0) is 97.8 Å². The molecule has 0 aromatic heterocycles. The van der Waals surface area contributed by atoms with Crippen molar-refractivity contribution in [2.24, 2.45) is 10.8 Å². The van der Waals surface area contributed by atoms with Crippen LogP contribution in [0.2, 0.25) is 0 Å². The van der Waals surface area contributed by atoms with E-state index in [9.17, 15) is 29.1 Å². The smallest absolute Gasteiger partial charge is 0.328 e. The lowest BCUT2D eigenvalue weighted by Gasteiger charge is -2.38. The number of rotatable bonds is 30. The first-order valence-corrected chi connectivity index (χ1v) is 25.7. The Labute approximate surface area is 435 Å². The van der Waals surface area contributed by atoms with Crippen molar-refractivity contribution in [2.45, 2.75) is 175 Å². The third-order valence-corrected chi connectivity index (χ3v) is 14.3. The fraction of sp³-hybridized carbons (Fsp3) is 0.691. The van der Waals surface area contributed by atoms with E-state index in [0.29, 0.717) is 49.6 Å². The summed E-state index contributed by atoms with van der Waals surface area (Å²) >= 11 is 1.68. The van der Waals surface area contributed by atoms with Crippen molar-refractivity contribution < 1.29 is 57.5 Å². The summed E-state index contributed by atoms with van der Waals surface area (Å²) in [5, 5.41) is 17.5. The van der Waals surface area contributed by atoms with Crippen LogP contribution in [0.15, 0.2) is 48.2 Å². The minimum absolute atomic E-state index is 0.161. The number of anilines is 1. The highest BCUT2D eigenvalue weighted by Gasteiger charge is 2.51. The molecule has 1 fully saturated rings. The molecule has 0 saturated carbocycles. The number of carbonyl (C=O) groups excluding carboxylic acids is 5. The van der Waals surface area contributed by atoms with Crippen molar-refractivity contribution in [3.8, 4) is 5.75 Å². The zero-order chi connectivity index (χ0) is 55.2. The Kier molecular flexibility index (Phi) is 23.6. The summed E-state index contributed by atoms with van der Waals surface area (Å²) in [5.41, 5.74) is 0.0476. The number of thioether (sulfide) groups is 1. The van der Waals surface area contributed by atoms with Gasteiger partial charge in [-0.15, -0.1) is 11.8 Å². The van der Waals surface area contributed by atoms with E-state index in [-0.39, 0.29) is 59.7 Å². The van der Waals surface area contributed by atoms with Crippen LogP contribution >= 0.6 is 11.8 Å². The lowest BCUT2D eigenvalue weighted by Crippen LogP contribution is -2.58. The molecule has 1 aromatic carbocycles. The van der Waals surface area contributed by atoms with E-state index in [1.165, 1.54) is 30.9 Å². The molecule has 408 valence electrons. The molecule has 0 aliphatic carbocycles. The minimum Gasteiger partial charge on any atom is -0.496 e. The molecular weight excluding hydrogens is 941 g/mol. The third-order valence-electron chi connectivity index (χ3n) is 12.9. The topological polar surface area (TPSA) is 195 Å². The second-order valence-electron chi connectivity index (χ2n) is 22.6. The van der Waals surface area contributed by atoms with E-state index in [1.807, 2.05) is 66.7 Å². The van der Waals surface area contributed by atoms with Crippen molar-refractivity contribution >= 4 is 47.1 Å². The Bertz CT molecular complexity index is 2110. The van der Waals surface area contributed by atoms with E-state index in [1.54, 1.807) is 72.8 Å². The molecule has 1 heterocycles. The molecule has 17 heteroatoms. The van der Waals surface area contributed by atoms with Gasteiger partial charge in [0.25, 0.3) is 0 Å². The largest absolute Gasteiger partial charge is 0.496 e. The summed E-state index contributed by atoms with van der Waals surface area (Å²) < 4.78 is 33.8. The highest BCUT2D eigenvalue weighted by molar-refractivity contribution is 8.00. The summed E-state index contributed by atoms with van der Waals surface area (Å²) in [7, 11) is 7.68. The molecule has 1 aliphatic rings. The summed E-state index contributed by atoms with van der Waals surface area (Å²) in [4.78, 5) is 68.3. The van der Waals surface area contributed by atoms with E-state index in [0.717, 1.165) is 22.4 Å². The predicted molar refractivity (Wildman–Crippen MR) is 286 cm³/mol. The molecule has 3 amide bonds. The van der Waals surface area contributed by atoms with Crippen LogP contribution < -0.4 is 20.3 Å². The van der Waals surface area contributed by atoms with Gasteiger partial charge >= 0.3 is 11.9 Å². The van der Waals surface area contributed by atoms with Gasteiger partial charge in [-0.3, -0.25) is 19.2 Å². The molecular formula is C55H90N4O12S. The number of likely N-dealkylation sites (N-methyl/N-ethyl adjacent to an activating group) is 1. The van der Waals surface area contributed by atoms with Crippen LogP contribution in [-0.4, -0.2) is 141 Å². The third kappa shape index (κ3) is 20.5. The van der Waals surface area contributed by atoms with Crippen molar-refractivity contribution in [1.82, 2.24) is 15.5 Å². The Morgan fingerprint density at radius 1 is 0.986 bits per heavy atom. The second kappa shape index (κ2) is 26.7. The Morgan fingerprint density at radius 2 is 1.61 bits per heavy atom. The van der Waals surface area contributed by atoms with Gasteiger partial charge in [-0.1, -0.05) is 65.0 Å². The monoisotopic (exact) mass is 1030 g/mol. The first kappa shape index (κ1) is 63.7. The number of allylic oxidation sites excluding steroid dienone is 3. The van der Waals surface area contributed by atoms with E-state index in [2.05, 4.69) is 31.1 Å². The number of aliphatic hydroxyl groups is 1. The highest BCUT2D eigenvalue weighted by Crippen LogP contribution is 2.37. The first-order chi connectivity index (χ1) is 33.0. The minimum atomic E-state index is -1.62. The molecule has 72 heavy (non-hydrogen) atoms. The van der Waals surface area contributed by atoms with Gasteiger partial charge in [-0.25, -0.2) is 4.79 Å². The number of hydrogen-bond donors (Lipinski definition) is 3. The van der Waals surface area contributed by atoms with Gasteiger partial charge < -0.3 is 54.0 Å². The van der Waals surface area contributed by atoms with Gasteiger partial charge in [-0.2, -0.15) is 0 Å². The average molecular weight is 1030 g/mol. The van der Waals surface area contributed by atoms with Crippen molar-refractivity contribution in [2.75, 3.05) is 65.8 Å². The number of carbonyl (C=O) groups is 5. The molecule has 3 N–H and O–H groups in total. The van der Waals surface area contributed by atoms with E-state index < -0.39 is 46.6 Å². The number of methoxy groups -OCH3 is 3. The van der Waals surface area contributed by atoms with Crippen molar-refractivity contribution in [3.63, 3.8) is 0 Å². The fourth-order valence-corrected chi connectivity index (χ4v) is 8.81. The van der Waals surface area contributed by atoms with E-state index in [4.69, 9.17) is 28.4 Å². The van der Waals surface area contributed by atoms with Gasteiger partial charge in [0.1, 0.15) is 29.6 Å². The fourth-order valence-electron chi connectivity index (χ4n) is 7.89. The quantitative estimate of drug-likeness (QED) is 0.0290. The SMILES string of the molecule is C=C(CSC(C)(C)CCC(=O)N(C)C(C)C(=O)O[C@@H](CC(=O)N(C)c1cc(C/C(C)=C/C=C/[C@@H](OC)[C@@](O)(CC(C)(C)C)NC(C)=O)cc(OC)c1C)C1(C)CO1)NCCC(C)(C)OCC(C)(C)C(=O)OC. The molecule has 1 aromatic rings. The molecule has 2 rings (SSSR count). The van der Waals surface area contributed by atoms with Crippen LogP contribution in [0.1, 0.15) is 133 Å². The number of amides is 3. The maximum atomic E-state index is 14.1. The second-order valence-corrected chi connectivity index (χ2v) is 24.3. The standard InChI is InChI=1S/C55H90N4O12S/c1-36(22-21-23-44(67-19)55(65,57-40(5)60)33-50(6,7)8)28-41-29-42(38(3)43(30-41)66-18)59(17)47(62)31-45(54(15)35-70-54)71-48(63)39(4)58(16)46(61)24-25-53(13,14)72-32-37(2)56-27-26-52(11,12)69-34-51(9,10)49(64)68-20/h21-23,29-30,39,44-45,56,65H,2,24-28,31-35H2,1,3-20H3,(H,57,60)/b23-21+,36-22+/t39?,44-,45+,54?,55+/m1/s1. The molecule has 0 spiro atoms. The number of nitrogens with zero attached hydrogens (tertiary/aromatic N) is 2. The highest BCUT2D eigenvalue weighted by atomic mass is 32.2. The number of ether oxygens (including phenoxy) is 6. The first-order valence-electron chi connectivity index (χ1n) is 24.7. The molecule has 5 atom stereocenters. The average Bonchev–Trinajstić information content (AvgIpc) is 4.04. The Hall–Kier alpha value is -4.42. The summed E-state index contributed by atoms with van der Waals surface area (Å²) in [6.45, 7) is 31.6. The lowest BCUT2D eigenvalue weighted by molar-refractivity contribution is -0.162. The van der Waals surface area contributed by atoms with Crippen LogP contribution in [0.4, 0.5) is 5.69 Å². The van der Waals surface area contributed by atoms with Gasteiger partial charge in [0.2, 0.25) is 17.7 Å². The van der Waals surface area contributed by atoms with Crippen molar-refractivity contribution in [1.29, 1.82) is 0 Å². The van der Waals surface area contributed by atoms with Gasteiger partial charge in [0.05, 0.1) is 50.6 Å². The molecule has 2 unspecified atom stereocenters. The van der Waals surface area contributed by atoms with Crippen LogP contribution in [0.25, 0.3) is 0 Å². The van der Waals surface area contributed by atoms with Gasteiger partial charge in [0, 0.05) is 69.3 Å². The zero-order valence-electron chi connectivity index (χ0n) is 47.1. The lowest BCUT2D eigenvalue weighted by atomic mass is 9.83. The molecule has 1 saturated heterocycles. The van der Waals surface area contributed by atoms with E-state index >= 15 is 0 Å². The number of nitrogens with one attached hydrogen (secondary N) is 2. The molecule has 1 aliphatic heterocycles. The normalized spacial score (nSPS) is 17.5. The van der Waals surface area contributed by atoms with Crippen LogP contribution in [0, 0.1) is 17.8 Å². The number of benzene rings is 1. The maximum Gasteiger partial charge on any atom is 0.328 e. The summed E-state index contributed by atoms with van der Waals surface area (Å²) in [6, 6.07) is 2.93. The molecule has 0 bridgehead atoms. The zero-order valence-corrected chi connectivity index (χ0v) is 48.0. The Morgan fingerprint density at radius 3 is 2.15 bits per heavy atom. The Balaban J connectivity index is 2.06. The predicted octanol–water partition coefficient (Wildman–Crippen LogP) is 8.00. The number of esters is 2. The summed E-state index contributed by atoms with van der Waals surface area (Å²) in [6.07, 6.45) is 5.73. The number of epoxide rings is 1. The van der Waals surface area contributed by atoms with Gasteiger partial charge in [0.15, 0.2) is 5.72 Å². The van der Waals surface area contributed by atoms with Crippen molar-refractivity contribution in [3.05, 3.63) is 59.3 Å². The molecule has 16 nitrogen and oxygen atoms in total. The maximum absolute atomic E-state index is 14.1. The summed E-state index contributed by atoms with van der Waals surface area (Å²) in [5.74, 6) is -0.619. The van der Waals surface area contributed by atoms with Crippen LogP contribution in [-0.2, 0) is 54.1 Å². The van der Waals surface area contributed by atoms with Crippen LogP contribution in [0.3, 0.4) is 0 Å². The molecule has 0 radical (unpaired) electrons.